The standard InChI is InChI=1S/C15H19N3O3S2/c1-9-6-7-11(20-5)10(8-9)18(12-16-17-13(22)23-12)14(19)21-15(2,3)4/h6-8H,1-5H3,(H,17,22). The second-order valence-electron chi connectivity index (χ2n) is 5.89. The first-order chi connectivity index (χ1) is 10.7. The number of methoxy groups -OCH3 is 1. The molecule has 1 aromatic heterocycles. The summed E-state index contributed by atoms with van der Waals surface area (Å²) in [6.45, 7) is 7.36. The van der Waals surface area contributed by atoms with Crippen LogP contribution in [0.15, 0.2) is 18.2 Å². The number of carbonyl (C=O) groups is 1. The van der Waals surface area contributed by atoms with E-state index in [2.05, 4.69) is 10.2 Å². The van der Waals surface area contributed by atoms with Crippen LogP contribution < -0.4 is 9.64 Å². The number of carbonyl (C=O) groups excluding carboxylic acids is 1. The van der Waals surface area contributed by atoms with Crippen LogP contribution in [0.3, 0.4) is 0 Å². The molecule has 2 aromatic rings. The first-order valence-corrected chi connectivity index (χ1v) is 8.17. The van der Waals surface area contributed by atoms with Crippen molar-refractivity contribution in [3.05, 3.63) is 27.7 Å². The van der Waals surface area contributed by atoms with Crippen LogP contribution in [-0.4, -0.2) is 29.0 Å². The topological polar surface area (TPSA) is 67.4 Å². The monoisotopic (exact) mass is 353 g/mol. The fourth-order valence-electron chi connectivity index (χ4n) is 1.88. The van der Waals surface area contributed by atoms with Gasteiger partial charge in [-0.25, -0.2) is 9.69 Å². The van der Waals surface area contributed by atoms with Gasteiger partial charge in [0.15, 0.2) is 3.95 Å². The van der Waals surface area contributed by atoms with Gasteiger partial charge in [-0.15, -0.1) is 5.10 Å². The molecule has 8 heteroatoms. The van der Waals surface area contributed by atoms with Gasteiger partial charge in [-0.3, -0.25) is 5.10 Å². The Balaban J connectivity index is 2.56. The molecule has 0 spiro atoms. The highest BCUT2D eigenvalue weighted by Crippen LogP contribution is 2.36. The first-order valence-electron chi connectivity index (χ1n) is 6.94. The molecule has 1 heterocycles. The largest absolute Gasteiger partial charge is 0.495 e. The van der Waals surface area contributed by atoms with E-state index in [4.69, 9.17) is 21.7 Å². The van der Waals surface area contributed by atoms with E-state index in [0.29, 0.717) is 20.5 Å². The zero-order valence-corrected chi connectivity index (χ0v) is 15.3. The number of hydrogen-bond acceptors (Lipinski definition) is 6. The van der Waals surface area contributed by atoms with Crippen molar-refractivity contribution < 1.29 is 14.3 Å². The minimum absolute atomic E-state index is 0.396. The van der Waals surface area contributed by atoms with Crippen molar-refractivity contribution in [2.75, 3.05) is 12.0 Å². The molecule has 0 aliphatic heterocycles. The Bertz CT molecular complexity index is 762. The summed E-state index contributed by atoms with van der Waals surface area (Å²) in [7, 11) is 1.55. The predicted molar refractivity (Wildman–Crippen MR) is 93.4 cm³/mol. The third-order valence-corrected chi connectivity index (χ3v) is 3.84. The number of amides is 1. The maximum atomic E-state index is 12.7. The molecule has 2 rings (SSSR count). The number of rotatable bonds is 3. The zero-order valence-electron chi connectivity index (χ0n) is 13.7. The third kappa shape index (κ3) is 4.29. The van der Waals surface area contributed by atoms with Crippen molar-refractivity contribution in [2.24, 2.45) is 0 Å². The van der Waals surface area contributed by atoms with E-state index in [1.54, 1.807) is 13.2 Å². The van der Waals surface area contributed by atoms with Gasteiger partial charge in [0.1, 0.15) is 11.4 Å². The van der Waals surface area contributed by atoms with Crippen LogP contribution in [0, 0.1) is 10.9 Å². The second-order valence-corrected chi connectivity index (χ2v) is 7.53. The van der Waals surface area contributed by atoms with Gasteiger partial charge in [0.05, 0.1) is 12.8 Å². The molecule has 6 nitrogen and oxygen atoms in total. The number of ether oxygens (including phenoxy) is 2. The van der Waals surface area contributed by atoms with Crippen LogP contribution in [0.2, 0.25) is 0 Å². The molecule has 0 aliphatic carbocycles. The second kappa shape index (κ2) is 6.67. The van der Waals surface area contributed by atoms with E-state index in [9.17, 15) is 4.79 Å². The SMILES string of the molecule is COc1ccc(C)cc1N(C(=O)OC(C)(C)C)c1n[nH]c(=S)s1. The minimum Gasteiger partial charge on any atom is -0.495 e. The summed E-state index contributed by atoms with van der Waals surface area (Å²) in [4.78, 5) is 14.1. The normalized spacial score (nSPS) is 11.2. The predicted octanol–water partition coefficient (Wildman–Crippen LogP) is 4.59. The van der Waals surface area contributed by atoms with Crippen LogP contribution in [0.1, 0.15) is 26.3 Å². The molecule has 0 atom stereocenters. The summed E-state index contributed by atoms with van der Waals surface area (Å²) in [5, 5.41) is 7.19. The lowest BCUT2D eigenvalue weighted by Crippen LogP contribution is -2.34. The van der Waals surface area contributed by atoms with E-state index >= 15 is 0 Å². The molecule has 0 aliphatic rings. The number of aryl methyl sites for hydroxylation is 1. The maximum absolute atomic E-state index is 12.7. The Labute approximate surface area is 144 Å². The van der Waals surface area contributed by atoms with Crippen molar-refractivity contribution >= 4 is 40.5 Å². The van der Waals surface area contributed by atoms with Crippen LogP contribution >= 0.6 is 23.6 Å². The zero-order chi connectivity index (χ0) is 17.2. The van der Waals surface area contributed by atoms with E-state index in [0.717, 1.165) is 5.56 Å². The quantitative estimate of drug-likeness (QED) is 0.817. The van der Waals surface area contributed by atoms with Crippen LogP contribution in [0.4, 0.5) is 15.6 Å². The van der Waals surface area contributed by atoms with Gasteiger partial charge in [-0.1, -0.05) is 17.4 Å². The lowest BCUT2D eigenvalue weighted by molar-refractivity contribution is 0.0598. The Morgan fingerprint density at radius 1 is 1.39 bits per heavy atom. The molecule has 124 valence electrons. The summed E-state index contributed by atoms with van der Waals surface area (Å²) >= 11 is 6.26. The molecule has 1 amide bonds. The highest BCUT2D eigenvalue weighted by atomic mass is 32.1. The lowest BCUT2D eigenvalue weighted by atomic mass is 10.2. The summed E-state index contributed by atoms with van der Waals surface area (Å²) < 4.78 is 11.4. The average Bonchev–Trinajstić information content (AvgIpc) is 2.83. The van der Waals surface area contributed by atoms with Gasteiger partial charge < -0.3 is 9.47 Å². The Hall–Kier alpha value is -1.93. The fourth-order valence-corrected chi connectivity index (χ4v) is 2.76. The highest BCUT2D eigenvalue weighted by Gasteiger charge is 2.29. The van der Waals surface area contributed by atoms with Crippen LogP contribution in [0.5, 0.6) is 5.75 Å². The first kappa shape index (κ1) is 17.4. The smallest absolute Gasteiger partial charge is 0.421 e. The molecular weight excluding hydrogens is 334 g/mol. The van der Waals surface area contributed by atoms with Crippen molar-refractivity contribution in [1.29, 1.82) is 0 Å². The van der Waals surface area contributed by atoms with Gasteiger partial charge in [-0.05, 0) is 57.6 Å². The number of hydrogen-bond donors (Lipinski definition) is 1. The maximum Gasteiger partial charge on any atom is 0.421 e. The van der Waals surface area contributed by atoms with E-state index in [1.807, 2.05) is 39.8 Å². The van der Waals surface area contributed by atoms with Gasteiger partial charge in [0, 0.05) is 0 Å². The van der Waals surface area contributed by atoms with E-state index in [1.165, 1.54) is 16.2 Å². The van der Waals surface area contributed by atoms with Gasteiger partial charge in [-0.2, -0.15) is 0 Å². The molecule has 0 bridgehead atoms. The number of H-pyrrole nitrogens is 1. The molecule has 0 unspecified atom stereocenters. The van der Waals surface area contributed by atoms with Crippen molar-refractivity contribution in [3.8, 4) is 5.75 Å². The number of anilines is 2. The van der Waals surface area contributed by atoms with Crippen molar-refractivity contribution in [2.45, 2.75) is 33.3 Å². The summed E-state index contributed by atoms with van der Waals surface area (Å²) in [6.07, 6.45) is -0.542. The number of nitrogens with one attached hydrogen (secondary N) is 1. The Morgan fingerprint density at radius 2 is 2.09 bits per heavy atom. The van der Waals surface area contributed by atoms with Crippen LogP contribution in [0.25, 0.3) is 0 Å². The summed E-state index contributed by atoms with van der Waals surface area (Å²) in [5.74, 6) is 0.544. The molecule has 1 N–H and O–H groups in total. The van der Waals surface area contributed by atoms with Crippen LogP contribution in [-0.2, 0) is 4.74 Å². The molecule has 0 fully saturated rings. The minimum atomic E-state index is -0.635. The molecule has 1 aromatic carbocycles. The van der Waals surface area contributed by atoms with E-state index < -0.39 is 11.7 Å². The summed E-state index contributed by atoms with van der Waals surface area (Å²) in [6, 6.07) is 5.54. The van der Waals surface area contributed by atoms with Crippen molar-refractivity contribution in [3.63, 3.8) is 0 Å². The Kier molecular flexibility index (Phi) is 5.06. The van der Waals surface area contributed by atoms with Gasteiger partial charge in [0.25, 0.3) is 0 Å². The molecule has 23 heavy (non-hydrogen) atoms. The van der Waals surface area contributed by atoms with Gasteiger partial charge in [0.2, 0.25) is 5.13 Å². The van der Waals surface area contributed by atoms with E-state index in [-0.39, 0.29) is 0 Å². The Morgan fingerprint density at radius 3 is 2.61 bits per heavy atom. The number of benzene rings is 1. The third-order valence-electron chi connectivity index (χ3n) is 2.77. The fraction of sp³-hybridized carbons (Fsp3) is 0.400. The number of aromatic amines is 1. The molecular formula is C15H19N3O3S2. The highest BCUT2D eigenvalue weighted by molar-refractivity contribution is 7.73. The van der Waals surface area contributed by atoms with Crippen molar-refractivity contribution in [1.82, 2.24) is 10.2 Å². The average molecular weight is 353 g/mol. The summed E-state index contributed by atoms with van der Waals surface area (Å²) in [5.41, 5.74) is 0.900. The molecule has 0 saturated heterocycles. The lowest BCUT2D eigenvalue weighted by Gasteiger charge is -2.26. The molecule has 0 radical (unpaired) electrons. The number of aromatic nitrogens is 2. The van der Waals surface area contributed by atoms with Gasteiger partial charge >= 0.3 is 6.09 Å². The number of nitrogens with zero attached hydrogens (tertiary/aromatic N) is 2. The molecule has 0 saturated carbocycles.